The lowest BCUT2D eigenvalue weighted by molar-refractivity contribution is -0.117. The highest BCUT2D eigenvalue weighted by molar-refractivity contribution is 7.10. The molecule has 0 aliphatic heterocycles. The van der Waals surface area contributed by atoms with Gasteiger partial charge in [0.2, 0.25) is 5.91 Å². The van der Waals surface area contributed by atoms with Crippen LogP contribution in [0.5, 0.6) is 0 Å². The van der Waals surface area contributed by atoms with Gasteiger partial charge in [-0.15, -0.1) is 22.7 Å². The van der Waals surface area contributed by atoms with Crippen molar-refractivity contribution in [2.75, 3.05) is 11.9 Å². The minimum atomic E-state index is 0.0295. The van der Waals surface area contributed by atoms with Crippen LogP contribution in [0.4, 0.5) is 5.69 Å². The number of hydrogen-bond donors (Lipinski definition) is 1. The summed E-state index contributed by atoms with van der Waals surface area (Å²) in [5.41, 5.74) is 3.21. The third-order valence-corrected chi connectivity index (χ3v) is 5.89. The SMILES string of the molecule is Cc1cccc(NC(=O)CN(Cc2cccs2)Cc2cccs2)c1C. The fourth-order valence-corrected chi connectivity index (χ4v) is 4.19. The molecule has 0 radical (unpaired) electrons. The van der Waals surface area contributed by atoms with Crippen molar-refractivity contribution in [1.29, 1.82) is 0 Å². The van der Waals surface area contributed by atoms with Crippen molar-refractivity contribution in [2.24, 2.45) is 0 Å². The van der Waals surface area contributed by atoms with E-state index in [4.69, 9.17) is 0 Å². The summed E-state index contributed by atoms with van der Waals surface area (Å²) >= 11 is 3.46. The van der Waals surface area contributed by atoms with Crippen LogP contribution in [0, 0.1) is 13.8 Å². The van der Waals surface area contributed by atoms with Gasteiger partial charge in [0.1, 0.15) is 0 Å². The molecule has 0 atom stereocenters. The molecule has 2 aromatic heterocycles. The zero-order valence-electron chi connectivity index (χ0n) is 14.5. The Morgan fingerprint density at radius 1 is 0.960 bits per heavy atom. The smallest absolute Gasteiger partial charge is 0.238 e. The number of benzene rings is 1. The predicted molar refractivity (Wildman–Crippen MR) is 107 cm³/mol. The Kier molecular flexibility index (Phi) is 6.02. The maximum atomic E-state index is 12.6. The molecule has 3 nitrogen and oxygen atoms in total. The van der Waals surface area contributed by atoms with Gasteiger partial charge in [0, 0.05) is 28.5 Å². The van der Waals surface area contributed by atoms with Gasteiger partial charge in [-0.3, -0.25) is 9.69 Å². The van der Waals surface area contributed by atoms with Crippen LogP contribution >= 0.6 is 22.7 Å². The summed E-state index contributed by atoms with van der Waals surface area (Å²) in [7, 11) is 0. The maximum absolute atomic E-state index is 12.6. The minimum absolute atomic E-state index is 0.0295. The van der Waals surface area contributed by atoms with E-state index in [0.717, 1.165) is 24.3 Å². The van der Waals surface area contributed by atoms with Gasteiger partial charge in [0.05, 0.1) is 6.54 Å². The zero-order chi connectivity index (χ0) is 17.6. The molecule has 2 heterocycles. The first-order chi connectivity index (χ1) is 12.1. The second-order valence-corrected chi connectivity index (χ2v) is 8.16. The molecular weight excluding hydrogens is 348 g/mol. The van der Waals surface area contributed by atoms with E-state index in [1.807, 2.05) is 19.1 Å². The van der Waals surface area contributed by atoms with Crippen molar-refractivity contribution in [2.45, 2.75) is 26.9 Å². The fourth-order valence-electron chi connectivity index (χ4n) is 2.69. The van der Waals surface area contributed by atoms with Crippen LogP contribution in [-0.4, -0.2) is 17.4 Å². The Hall–Kier alpha value is -1.95. The predicted octanol–water partition coefficient (Wildman–Crippen LogP) is 5.07. The Labute approximate surface area is 156 Å². The highest BCUT2D eigenvalue weighted by atomic mass is 32.1. The quantitative estimate of drug-likeness (QED) is 0.630. The number of anilines is 1. The number of rotatable bonds is 7. The molecule has 1 N–H and O–H groups in total. The van der Waals surface area contributed by atoms with Gasteiger partial charge in [-0.05, 0) is 53.9 Å². The van der Waals surface area contributed by atoms with Gasteiger partial charge >= 0.3 is 0 Å². The fraction of sp³-hybridized carbons (Fsp3) is 0.250. The number of carbonyl (C=O) groups excluding carboxylic acids is 1. The molecule has 25 heavy (non-hydrogen) atoms. The molecule has 0 saturated carbocycles. The van der Waals surface area contributed by atoms with Crippen molar-refractivity contribution < 1.29 is 4.79 Å². The van der Waals surface area contributed by atoms with Crippen molar-refractivity contribution in [3.05, 3.63) is 74.1 Å². The van der Waals surface area contributed by atoms with E-state index < -0.39 is 0 Å². The first-order valence-corrected chi connectivity index (χ1v) is 10.0. The number of amides is 1. The van der Waals surface area contributed by atoms with Crippen LogP contribution < -0.4 is 5.32 Å². The highest BCUT2D eigenvalue weighted by Crippen LogP contribution is 2.19. The molecule has 1 amide bonds. The highest BCUT2D eigenvalue weighted by Gasteiger charge is 2.14. The van der Waals surface area contributed by atoms with E-state index >= 15 is 0 Å². The maximum Gasteiger partial charge on any atom is 0.238 e. The standard InChI is InChI=1S/C20H22N2OS2/c1-15-6-3-9-19(16(15)2)21-20(23)14-22(12-17-7-4-10-24-17)13-18-8-5-11-25-18/h3-11H,12-14H2,1-2H3,(H,21,23). The first-order valence-electron chi connectivity index (χ1n) is 8.25. The van der Waals surface area contributed by atoms with Crippen LogP contribution in [0.1, 0.15) is 20.9 Å². The monoisotopic (exact) mass is 370 g/mol. The number of hydrogen-bond acceptors (Lipinski definition) is 4. The van der Waals surface area contributed by atoms with E-state index in [1.54, 1.807) is 22.7 Å². The van der Waals surface area contributed by atoms with Crippen molar-refractivity contribution in [3.8, 4) is 0 Å². The lowest BCUT2D eigenvalue weighted by atomic mass is 10.1. The molecule has 1 aromatic carbocycles. The van der Waals surface area contributed by atoms with E-state index in [0.29, 0.717) is 6.54 Å². The number of nitrogens with one attached hydrogen (secondary N) is 1. The molecule has 0 aliphatic carbocycles. The van der Waals surface area contributed by atoms with E-state index in [1.165, 1.54) is 15.3 Å². The van der Waals surface area contributed by atoms with Gasteiger partial charge in [0.25, 0.3) is 0 Å². The molecule has 5 heteroatoms. The molecule has 0 spiro atoms. The molecule has 0 aliphatic rings. The summed E-state index contributed by atoms with van der Waals surface area (Å²) in [6.45, 7) is 6.06. The number of carbonyl (C=O) groups is 1. The third kappa shape index (κ3) is 5.01. The van der Waals surface area contributed by atoms with E-state index in [-0.39, 0.29) is 5.91 Å². The summed E-state index contributed by atoms with van der Waals surface area (Å²) in [5, 5.41) is 7.22. The summed E-state index contributed by atoms with van der Waals surface area (Å²) in [6, 6.07) is 14.4. The summed E-state index contributed by atoms with van der Waals surface area (Å²) in [5.74, 6) is 0.0295. The average molecular weight is 371 g/mol. The lowest BCUT2D eigenvalue weighted by Gasteiger charge is -2.21. The largest absolute Gasteiger partial charge is 0.325 e. The van der Waals surface area contributed by atoms with Crippen molar-refractivity contribution >= 4 is 34.3 Å². The number of aryl methyl sites for hydroxylation is 1. The number of thiophene rings is 2. The van der Waals surface area contributed by atoms with Crippen LogP contribution in [-0.2, 0) is 17.9 Å². The molecule has 0 unspecified atom stereocenters. The molecule has 130 valence electrons. The second-order valence-electron chi connectivity index (χ2n) is 6.10. The average Bonchev–Trinajstić information content (AvgIpc) is 3.26. The number of nitrogens with zero attached hydrogens (tertiary/aromatic N) is 1. The van der Waals surface area contributed by atoms with Crippen LogP contribution in [0.15, 0.2) is 53.2 Å². The molecule has 3 rings (SSSR count). The Morgan fingerprint density at radius 2 is 1.60 bits per heavy atom. The van der Waals surface area contributed by atoms with E-state index in [2.05, 4.69) is 58.2 Å². The molecular formula is C20H22N2OS2. The third-order valence-electron chi connectivity index (χ3n) is 4.17. The Morgan fingerprint density at radius 3 is 2.16 bits per heavy atom. The Balaban J connectivity index is 1.68. The van der Waals surface area contributed by atoms with Crippen LogP contribution in [0.25, 0.3) is 0 Å². The molecule has 0 fully saturated rings. The minimum Gasteiger partial charge on any atom is -0.325 e. The molecule has 3 aromatic rings. The van der Waals surface area contributed by atoms with Gasteiger partial charge < -0.3 is 5.32 Å². The Bertz CT molecular complexity index is 774. The summed E-state index contributed by atoms with van der Waals surface area (Å²) < 4.78 is 0. The zero-order valence-corrected chi connectivity index (χ0v) is 16.1. The van der Waals surface area contributed by atoms with Crippen molar-refractivity contribution in [3.63, 3.8) is 0 Å². The molecule has 0 bridgehead atoms. The molecule has 0 saturated heterocycles. The van der Waals surface area contributed by atoms with Gasteiger partial charge in [-0.25, -0.2) is 0 Å². The van der Waals surface area contributed by atoms with Crippen molar-refractivity contribution in [1.82, 2.24) is 4.90 Å². The second kappa shape index (κ2) is 8.43. The summed E-state index contributed by atoms with van der Waals surface area (Å²) in [6.07, 6.45) is 0. The normalized spacial score (nSPS) is 11.0. The van der Waals surface area contributed by atoms with E-state index in [9.17, 15) is 4.79 Å². The van der Waals surface area contributed by atoms with Gasteiger partial charge in [0.15, 0.2) is 0 Å². The van der Waals surface area contributed by atoms with Gasteiger partial charge in [-0.2, -0.15) is 0 Å². The topological polar surface area (TPSA) is 32.3 Å². The van der Waals surface area contributed by atoms with Gasteiger partial charge in [-0.1, -0.05) is 24.3 Å². The first kappa shape index (κ1) is 17.9. The summed E-state index contributed by atoms with van der Waals surface area (Å²) in [4.78, 5) is 17.3. The van der Waals surface area contributed by atoms with Crippen LogP contribution in [0.3, 0.4) is 0 Å². The lowest BCUT2D eigenvalue weighted by Crippen LogP contribution is -2.32. The van der Waals surface area contributed by atoms with Crippen LogP contribution in [0.2, 0.25) is 0 Å².